The zero-order chi connectivity index (χ0) is 16.5. The smallest absolute Gasteiger partial charge is 0.248 e. The quantitative estimate of drug-likeness (QED) is 0.802. The molecule has 0 spiro atoms. The zero-order valence-corrected chi connectivity index (χ0v) is 13.7. The Morgan fingerprint density at radius 1 is 1.12 bits per heavy atom. The lowest BCUT2D eigenvalue weighted by atomic mass is 10.0. The Balaban J connectivity index is 1.60. The highest BCUT2D eigenvalue weighted by molar-refractivity contribution is 5.94. The minimum Gasteiger partial charge on any atom is -0.419 e. The Morgan fingerprint density at radius 3 is 2.88 bits per heavy atom. The normalized spacial score (nSPS) is 22.1. The standard InChI is InChI=1S/C19H21N3O2/c1-13-9-10-15(23)11-22(13)12-18-20-21-19(24-18)17-8-4-6-14-5-2-3-7-16(14)17/h2-8,13,15,23H,9-12H2,1H3/t13-,15-/m1/s1. The molecule has 0 aliphatic carbocycles. The maximum absolute atomic E-state index is 9.87. The highest BCUT2D eigenvalue weighted by Crippen LogP contribution is 2.28. The van der Waals surface area contributed by atoms with Gasteiger partial charge in [0, 0.05) is 18.2 Å². The maximum atomic E-state index is 9.87. The topological polar surface area (TPSA) is 62.4 Å². The third-order valence-corrected chi connectivity index (χ3v) is 4.81. The van der Waals surface area contributed by atoms with Crippen LogP contribution >= 0.6 is 0 Å². The fourth-order valence-corrected chi connectivity index (χ4v) is 3.39. The molecule has 2 aromatic carbocycles. The molecule has 5 nitrogen and oxygen atoms in total. The molecule has 1 saturated heterocycles. The molecule has 1 aliphatic heterocycles. The van der Waals surface area contributed by atoms with Crippen LogP contribution in [0.3, 0.4) is 0 Å². The molecule has 24 heavy (non-hydrogen) atoms. The van der Waals surface area contributed by atoms with E-state index < -0.39 is 0 Å². The number of rotatable bonds is 3. The second kappa shape index (κ2) is 6.34. The first-order valence-electron chi connectivity index (χ1n) is 8.43. The third-order valence-electron chi connectivity index (χ3n) is 4.81. The van der Waals surface area contributed by atoms with E-state index in [1.54, 1.807) is 0 Å². The van der Waals surface area contributed by atoms with Gasteiger partial charge in [-0.05, 0) is 36.6 Å². The lowest BCUT2D eigenvalue weighted by Gasteiger charge is -2.34. The van der Waals surface area contributed by atoms with Crippen LogP contribution in [0.25, 0.3) is 22.2 Å². The zero-order valence-electron chi connectivity index (χ0n) is 13.7. The summed E-state index contributed by atoms with van der Waals surface area (Å²) in [4.78, 5) is 2.20. The molecule has 0 bridgehead atoms. The van der Waals surface area contributed by atoms with Gasteiger partial charge in [0.1, 0.15) is 0 Å². The average molecular weight is 323 g/mol. The number of piperidine rings is 1. The monoisotopic (exact) mass is 323 g/mol. The van der Waals surface area contributed by atoms with E-state index in [9.17, 15) is 5.11 Å². The number of β-amino-alcohol motifs (C(OH)–C–C–N with tert-alkyl or cyclic N) is 1. The summed E-state index contributed by atoms with van der Waals surface area (Å²) in [5, 5.41) is 20.6. The molecule has 0 amide bonds. The van der Waals surface area contributed by atoms with Crippen molar-refractivity contribution in [1.82, 2.24) is 15.1 Å². The molecule has 2 heterocycles. The summed E-state index contributed by atoms with van der Waals surface area (Å²) in [6.45, 7) is 3.41. The van der Waals surface area contributed by atoms with Crippen molar-refractivity contribution in [3.8, 4) is 11.5 Å². The summed E-state index contributed by atoms with van der Waals surface area (Å²) in [6, 6.07) is 14.7. The Morgan fingerprint density at radius 2 is 1.96 bits per heavy atom. The van der Waals surface area contributed by atoms with Crippen molar-refractivity contribution >= 4 is 10.8 Å². The van der Waals surface area contributed by atoms with E-state index in [0.717, 1.165) is 29.2 Å². The molecule has 1 N–H and O–H groups in total. The number of benzene rings is 2. The lowest BCUT2D eigenvalue weighted by Crippen LogP contribution is -2.43. The van der Waals surface area contributed by atoms with Gasteiger partial charge >= 0.3 is 0 Å². The molecular formula is C19H21N3O2. The van der Waals surface area contributed by atoms with Crippen molar-refractivity contribution in [2.75, 3.05) is 6.54 Å². The van der Waals surface area contributed by atoms with Gasteiger partial charge in [-0.1, -0.05) is 36.4 Å². The first kappa shape index (κ1) is 15.3. The second-order valence-corrected chi connectivity index (χ2v) is 6.54. The Bertz CT molecular complexity index is 840. The van der Waals surface area contributed by atoms with Gasteiger partial charge in [-0.3, -0.25) is 4.90 Å². The Hall–Kier alpha value is -2.24. The number of hydrogen-bond donors (Lipinski definition) is 1. The van der Waals surface area contributed by atoms with Crippen LogP contribution < -0.4 is 0 Å². The van der Waals surface area contributed by atoms with Crippen molar-refractivity contribution in [2.45, 2.75) is 38.5 Å². The molecule has 1 aromatic heterocycles. The molecule has 1 fully saturated rings. The predicted molar refractivity (Wildman–Crippen MR) is 92.4 cm³/mol. The van der Waals surface area contributed by atoms with Crippen LogP contribution in [0.2, 0.25) is 0 Å². The number of aromatic nitrogens is 2. The number of aliphatic hydroxyl groups excluding tert-OH is 1. The molecule has 0 unspecified atom stereocenters. The minimum absolute atomic E-state index is 0.262. The van der Waals surface area contributed by atoms with Crippen molar-refractivity contribution in [1.29, 1.82) is 0 Å². The summed E-state index contributed by atoms with van der Waals surface area (Å²) < 4.78 is 5.92. The van der Waals surface area contributed by atoms with Crippen LogP contribution in [0.1, 0.15) is 25.7 Å². The summed E-state index contributed by atoms with van der Waals surface area (Å²) in [6.07, 6.45) is 1.59. The van der Waals surface area contributed by atoms with E-state index in [1.807, 2.05) is 24.3 Å². The van der Waals surface area contributed by atoms with E-state index in [0.29, 0.717) is 30.9 Å². The number of fused-ring (bicyclic) bond motifs is 1. The minimum atomic E-state index is -0.262. The molecule has 5 heteroatoms. The second-order valence-electron chi connectivity index (χ2n) is 6.54. The molecule has 124 valence electrons. The maximum Gasteiger partial charge on any atom is 0.248 e. The van der Waals surface area contributed by atoms with Gasteiger partial charge in [-0.15, -0.1) is 10.2 Å². The van der Waals surface area contributed by atoms with Crippen molar-refractivity contribution in [3.63, 3.8) is 0 Å². The first-order valence-corrected chi connectivity index (χ1v) is 8.43. The summed E-state index contributed by atoms with van der Waals surface area (Å²) in [7, 11) is 0. The molecule has 0 saturated carbocycles. The van der Waals surface area contributed by atoms with Crippen LogP contribution in [0, 0.1) is 0 Å². The fourth-order valence-electron chi connectivity index (χ4n) is 3.39. The predicted octanol–water partition coefficient (Wildman–Crippen LogP) is 3.24. The number of aliphatic hydroxyl groups is 1. The molecule has 4 rings (SSSR count). The summed E-state index contributed by atoms with van der Waals surface area (Å²) >= 11 is 0. The lowest BCUT2D eigenvalue weighted by molar-refractivity contribution is 0.0320. The van der Waals surface area contributed by atoms with Gasteiger partial charge in [0.05, 0.1) is 12.6 Å². The number of likely N-dealkylation sites (tertiary alicyclic amines) is 1. The Labute approximate surface area is 140 Å². The van der Waals surface area contributed by atoms with E-state index in [-0.39, 0.29) is 6.10 Å². The van der Waals surface area contributed by atoms with Crippen LogP contribution in [0.15, 0.2) is 46.9 Å². The summed E-state index contributed by atoms with van der Waals surface area (Å²) in [5.74, 6) is 1.14. The van der Waals surface area contributed by atoms with E-state index in [2.05, 4.69) is 40.2 Å². The van der Waals surface area contributed by atoms with Gasteiger partial charge < -0.3 is 9.52 Å². The molecule has 2 atom stereocenters. The van der Waals surface area contributed by atoms with Gasteiger partial charge in [0.25, 0.3) is 0 Å². The van der Waals surface area contributed by atoms with Gasteiger partial charge in [0.2, 0.25) is 11.8 Å². The molecule has 1 aliphatic rings. The van der Waals surface area contributed by atoms with E-state index in [4.69, 9.17) is 4.42 Å². The van der Waals surface area contributed by atoms with Crippen molar-refractivity contribution < 1.29 is 9.52 Å². The van der Waals surface area contributed by atoms with Crippen molar-refractivity contribution in [2.24, 2.45) is 0 Å². The SMILES string of the molecule is C[C@@H]1CC[C@@H](O)CN1Cc1nnc(-c2cccc3ccccc23)o1. The third kappa shape index (κ3) is 2.92. The van der Waals surface area contributed by atoms with Crippen LogP contribution in [-0.4, -0.2) is 38.9 Å². The van der Waals surface area contributed by atoms with Crippen LogP contribution in [0.5, 0.6) is 0 Å². The molecule has 0 radical (unpaired) electrons. The molecular weight excluding hydrogens is 302 g/mol. The Kier molecular flexibility index (Phi) is 4.04. The van der Waals surface area contributed by atoms with Crippen LogP contribution in [-0.2, 0) is 6.54 Å². The van der Waals surface area contributed by atoms with E-state index >= 15 is 0 Å². The van der Waals surface area contributed by atoms with E-state index in [1.165, 1.54) is 0 Å². The fraction of sp³-hybridized carbons (Fsp3) is 0.368. The average Bonchev–Trinajstić information content (AvgIpc) is 3.06. The highest BCUT2D eigenvalue weighted by atomic mass is 16.4. The largest absolute Gasteiger partial charge is 0.419 e. The summed E-state index contributed by atoms with van der Waals surface area (Å²) in [5.41, 5.74) is 0.957. The number of hydrogen-bond acceptors (Lipinski definition) is 5. The highest BCUT2D eigenvalue weighted by Gasteiger charge is 2.25. The van der Waals surface area contributed by atoms with Crippen molar-refractivity contribution in [3.05, 3.63) is 48.4 Å². The van der Waals surface area contributed by atoms with Crippen LogP contribution in [0.4, 0.5) is 0 Å². The van der Waals surface area contributed by atoms with Gasteiger partial charge in [-0.25, -0.2) is 0 Å². The number of nitrogens with zero attached hydrogens (tertiary/aromatic N) is 3. The first-order chi connectivity index (χ1) is 11.7. The van der Waals surface area contributed by atoms with Gasteiger partial charge in [-0.2, -0.15) is 0 Å². The van der Waals surface area contributed by atoms with Gasteiger partial charge in [0.15, 0.2) is 0 Å². The molecule has 3 aromatic rings.